The van der Waals surface area contributed by atoms with Gasteiger partial charge in [0.25, 0.3) is 0 Å². The second-order valence-electron chi connectivity index (χ2n) is 5.24. The summed E-state index contributed by atoms with van der Waals surface area (Å²) in [5, 5.41) is 3.58. The number of likely N-dealkylation sites (tertiary alicyclic amines) is 1. The average molecular weight is 247 g/mol. The van der Waals surface area contributed by atoms with E-state index in [0.717, 1.165) is 24.4 Å². The summed E-state index contributed by atoms with van der Waals surface area (Å²) < 4.78 is 5.36. The highest BCUT2D eigenvalue weighted by Crippen LogP contribution is 2.25. The second kappa shape index (κ2) is 5.24. The van der Waals surface area contributed by atoms with Crippen molar-refractivity contribution >= 4 is 0 Å². The molecule has 2 aliphatic heterocycles. The largest absolute Gasteiger partial charge is 0.478 e. The highest BCUT2D eigenvalue weighted by molar-refractivity contribution is 5.18. The first-order chi connectivity index (χ1) is 8.85. The van der Waals surface area contributed by atoms with Crippen LogP contribution in [0.3, 0.4) is 0 Å². The molecule has 2 aliphatic rings. The molecule has 3 heterocycles. The van der Waals surface area contributed by atoms with Crippen molar-refractivity contribution in [1.82, 2.24) is 15.2 Å². The minimum absolute atomic E-state index is 0.674. The molecular weight excluding hydrogens is 226 g/mol. The molecule has 0 spiro atoms. The van der Waals surface area contributed by atoms with E-state index in [2.05, 4.69) is 21.3 Å². The summed E-state index contributed by atoms with van der Waals surface area (Å²) in [5.74, 6) is 1.59. The van der Waals surface area contributed by atoms with Crippen molar-refractivity contribution in [2.75, 3.05) is 26.2 Å². The highest BCUT2D eigenvalue weighted by Gasteiger charge is 2.35. The van der Waals surface area contributed by atoms with Crippen LogP contribution in [0.4, 0.5) is 0 Å². The summed E-state index contributed by atoms with van der Waals surface area (Å²) in [4.78, 5) is 6.84. The van der Waals surface area contributed by atoms with Gasteiger partial charge in [-0.1, -0.05) is 6.07 Å². The van der Waals surface area contributed by atoms with Crippen LogP contribution in [0.5, 0.6) is 5.88 Å². The van der Waals surface area contributed by atoms with Gasteiger partial charge in [0.15, 0.2) is 0 Å². The minimum atomic E-state index is 0.674. The van der Waals surface area contributed by atoms with E-state index in [1.54, 1.807) is 0 Å². The lowest BCUT2D eigenvalue weighted by Gasteiger charge is -2.16. The van der Waals surface area contributed by atoms with Gasteiger partial charge in [-0.2, -0.15) is 0 Å². The lowest BCUT2D eigenvalue weighted by Crippen LogP contribution is -2.29. The predicted octanol–water partition coefficient (Wildman–Crippen LogP) is 1.27. The fourth-order valence-corrected chi connectivity index (χ4v) is 3.06. The van der Waals surface area contributed by atoms with Crippen molar-refractivity contribution in [2.24, 2.45) is 5.92 Å². The average Bonchev–Trinajstić information content (AvgIpc) is 2.92. The number of hydrogen-bond donors (Lipinski definition) is 1. The Morgan fingerprint density at radius 2 is 2.39 bits per heavy atom. The van der Waals surface area contributed by atoms with Crippen molar-refractivity contribution in [3.63, 3.8) is 0 Å². The molecule has 4 heteroatoms. The maximum atomic E-state index is 5.36. The minimum Gasteiger partial charge on any atom is -0.478 e. The van der Waals surface area contributed by atoms with Crippen molar-refractivity contribution in [2.45, 2.75) is 25.9 Å². The lowest BCUT2D eigenvalue weighted by atomic mass is 10.1. The van der Waals surface area contributed by atoms with Crippen LogP contribution in [-0.2, 0) is 6.54 Å². The summed E-state index contributed by atoms with van der Waals surface area (Å²) in [6, 6.07) is 4.81. The quantitative estimate of drug-likeness (QED) is 0.869. The first-order valence-corrected chi connectivity index (χ1v) is 6.88. The molecule has 0 aromatic carbocycles. The number of pyridine rings is 1. The number of nitrogens with zero attached hydrogens (tertiary/aromatic N) is 2. The van der Waals surface area contributed by atoms with E-state index >= 15 is 0 Å². The first kappa shape index (κ1) is 11.9. The molecule has 98 valence electrons. The zero-order chi connectivity index (χ0) is 12.4. The second-order valence-corrected chi connectivity index (χ2v) is 5.24. The summed E-state index contributed by atoms with van der Waals surface area (Å²) in [5.41, 5.74) is 1.28. The summed E-state index contributed by atoms with van der Waals surface area (Å²) in [7, 11) is 0. The topological polar surface area (TPSA) is 37.4 Å². The molecule has 0 aliphatic carbocycles. The van der Waals surface area contributed by atoms with Crippen molar-refractivity contribution in [1.29, 1.82) is 0 Å². The summed E-state index contributed by atoms with van der Waals surface area (Å²) >= 11 is 0. The molecule has 2 saturated heterocycles. The van der Waals surface area contributed by atoms with Gasteiger partial charge in [-0.15, -0.1) is 0 Å². The number of rotatable bonds is 4. The Balaban J connectivity index is 1.56. The molecule has 2 fully saturated rings. The van der Waals surface area contributed by atoms with Crippen LogP contribution in [0, 0.1) is 5.92 Å². The molecule has 0 bridgehead atoms. The molecule has 18 heavy (non-hydrogen) atoms. The van der Waals surface area contributed by atoms with Gasteiger partial charge in [-0.05, 0) is 31.4 Å². The standard InChI is InChI=1S/C14H21N3O/c1-2-18-14-4-3-11(7-16-14)8-17-9-12-5-6-15-13(12)10-17/h3-4,7,12-13,15H,2,5-6,8-10H2,1H3/t12-,13+/m0/s1. The molecule has 0 amide bonds. The van der Waals surface area contributed by atoms with Gasteiger partial charge in [0.2, 0.25) is 5.88 Å². The predicted molar refractivity (Wildman–Crippen MR) is 70.6 cm³/mol. The SMILES string of the molecule is CCOc1ccc(CN2C[C@@H]3CCN[C@@H]3C2)cn1. The van der Waals surface area contributed by atoms with Crippen molar-refractivity contribution < 1.29 is 4.74 Å². The van der Waals surface area contributed by atoms with E-state index in [1.807, 2.05) is 19.2 Å². The zero-order valence-electron chi connectivity index (χ0n) is 10.9. The summed E-state index contributed by atoms with van der Waals surface area (Å²) in [6.07, 6.45) is 3.27. The summed E-state index contributed by atoms with van der Waals surface area (Å²) in [6.45, 7) is 7.27. The Morgan fingerprint density at radius 3 is 3.11 bits per heavy atom. The van der Waals surface area contributed by atoms with Crippen LogP contribution in [0.1, 0.15) is 18.9 Å². The fourth-order valence-electron chi connectivity index (χ4n) is 3.06. The molecular formula is C14H21N3O. The number of nitrogens with one attached hydrogen (secondary N) is 1. The lowest BCUT2D eigenvalue weighted by molar-refractivity contribution is 0.304. The third-order valence-corrected chi connectivity index (χ3v) is 3.93. The molecule has 3 rings (SSSR count). The van der Waals surface area contributed by atoms with Gasteiger partial charge in [-0.25, -0.2) is 4.98 Å². The number of ether oxygens (including phenoxy) is 1. The maximum Gasteiger partial charge on any atom is 0.213 e. The third kappa shape index (κ3) is 2.49. The Hall–Kier alpha value is -1.13. The van der Waals surface area contributed by atoms with Crippen LogP contribution in [0.25, 0.3) is 0 Å². The highest BCUT2D eigenvalue weighted by atomic mass is 16.5. The Bertz CT molecular complexity index is 381. The molecule has 1 N–H and O–H groups in total. The Morgan fingerprint density at radius 1 is 1.44 bits per heavy atom. The van der Waals surface area contributed by atoms with E-state index in [4.69, 9.17) is 4.74 Å². The number of hydrogen-bond acceptors (Lipinski definition) is 4. The maximum absolute atomic E-state index is 5.36. The Kier molecular flexibility index (Phi) is 3.48. The van der Waals surface area contributed by atoms with Gasteiger partial charge in [-0.3, -0.25) is 4.90 Å². The molecule has 1 aromatic rings. The molecule has 0 saturated carbocycles. The van der Waals surface area contributed by atoms with Gasteiger partial charge in [0, 0.05) is 37.9 Å². The van der Waals surface area contributed by atoms with E-state index in [0.29, 0.717) is 6.61 Å². The first-order valence-electron chi connectivity index (χ1n) is 6.88. The van der Waals surface area contributed by atoms with E-state index < -0.39 is 0 Å². The molecule has 0 unspecified atom stereocenters. The van der Waals surface area contributed by atoms with Crippen molar-refractivity contribution in [3.8, 4) is 5.88 Å². The van der Waals surface area contributed by atoms with Crippen molar-refractivity contribution in [3.05, 3.63) is 23.9 Å². The molecule has 2 atom stereocenters. The van der Waals surface area contributed by atoms with Gasteiger partial charge >= 0.3 is 0 Å². The van der Waals surface area contributed by atoms with Crippen LogP contribution in [-0.4, -0.2) is 42.2 Å². The van der Waals surface area contributed by atoms with E-state index in [-0.39, 0.29) is 0 Å². The molecule has 1 aromatic heterocycles. The molecule has 0 radical (unpaired) electrons. The van der Waals surface area contributed by atoms with Gasteiger partial charge in [0.05, 0.1) is 6.61 Å². The normalized spacial score (nSPS) is 27.4. The number of aromatic nitrogens is 1. The zero-order valence-corrected chi connectivity index (χ0v) is 10.9. The van der Waals surface area contributed by atoms with Crippen LogP contribution in [0.15, 0.2) is 18.3 Å². The number of fused-ring (bicyclic) bond motifs is 1. The van der Waals surface area contributed by atoms with Crippen LogP contribution in [0.2, 0.25) is 0 Å². The fraction of sp³-hybridized carbons (Fsp3) is 0.643. The van der Waals surface area contributed by atoms with Crippen LogP contribution < -0.4 is 10.1 Å². The smallest absolute Gasteiger partial charge is 0.213 e. The Labute approximate surface area is 108 Å². The van der Waals surface area contributed by atoms with Gasteiger partial charge in [0.1, 0.15) is 0 Å². The van der Waals surface area contributed by atoms with Crippen LogP contribution >= 0.6 is 0 Å². The van der Waals surface area contributed by atoms with E-state index in [1.165, 1.54) is 31.6 Å². The third-order valence-electron chi connectivity index (χ3n) is 3.93. The van der Waals surface area contributed by atoms with E-state index in [9.17, 15) is 0 Å². The molecule has 4 nitrogen and oxygen atoms in total. The monoisotopic (exact) mass is 247 g/mol. The van der Waals surface area contributed by atoms with Gasteiger partial charge < -0.3 is 10.1 Å².